The topological polar surface area (TPSA) is 92.5 Å². The van der Waals surface area contributed by atoms with Gasteiger partial charge in [-0.3, -0.25) is 14.4 Å². The number of hydrogen-bond acceptors (Lipinski definition) is 4. The van der Waals surface area contributed by atoms with E-state index >= 15 is 0 Å². The van der Waals surface area contributed by atoms with Crippen LogP contribution in [0.2, 0.25) is 0 Å². The Labute approximate surface area is 124 Å². The third-order valence-corrected chi connectivity index (χ3v) is 3.03. The summed E-state index contributed by atoms with van der Waals surface area (Å²) in [4.78, 5) is 36.0. The largest absolute Gasteiger partial charge is 0.352 e. The van der Waals surface area contributed by atoms with E-state index in [9.17, 15) is 14.4 Å². The maximum Gasteiger partial charge on any atom is 0.291 e. The molecule has 3 N–H and O–H groups in total. The number of rotatable bonds is 5. The molecule has 1 saturated heterocycles. The summed E-state index contributed by atoms with van der Waals surface area (Å²) < 4.78 is 0. The summed E-state index contributed by atoms with van der Waals surface area (Å²) in [5, 5.41) is 2.74. The average Bonchev–Trinajstić information content (AvgIpc) is 2.87. The van der Waals surface area contributed by atoms with Gasteiger partial charge in [0.15, 0.2) is 0 Å². The van der Waals surface area contributed by atoms with Crippen molar-refractivity contribution in [3.05, 3.63) is 0 Å². The molecule has 1 fully saturated rings. The normalized spacial score (nSPS) is 18.9. The Hall–Kier alpha value is -1.43. The maximum absolute atomic E-state index is 11.9. The SMILES string of the molecule is CC.CCCC(N)C(=O)C(=O)N1CCC(NC(C)=O)C1.[HH].[HH]. The lowest BCUT2D eigenvalue weighted by Gasteiger charge is -2.18. The molecule has 2 atom stereocenters. The summed E-state index contributed by atoms with van der Waals surface area (Å²) in [6.07, 6.45) is 1.98. The van der Waals surface area contributed by atoms with Crippen LogP contribution in [-0.2, 0) is 14.4 Å². The third kappa shape index (κ3) is 5.69. The van der Waals surface area contributed by atoms with Crippen LogP contribution in [-0.4, -0.2) is 47.7 Å². The van der Waals surface area contributed by atoms with Crippen molar-refractivity contribution in [3.8, 4) is 0 Å². The van der Waals surface area contributed by atoms with Crippen molar-refractivity contribution in [3.63, 3.8) is 0 Å². The van der Waals surface area contributed by atoms with E-state index in [2.05, 4.69) is 5.32 Å². The number of likely N-dealkylation sites (tertiary alicyclic amines) is 1. The predicted octanol–water partition coefficient (Wildman–Crippen LogP) is 0.938. The van der Waals surface area contributed by atoms with Gasteiger partial charge in [-0.25, -0.2) is 0 Å². The zero-order valence-corrected chi connectivity index (χ0v) is 12.9. The van der Waals surface area contributed by atoms with Crippen molar-refractivity contribution in [2.24, 2.45) is 5.73 Å². The van der Waals surface area contributed by atoms with Gasteiger partial charge < -0.3 is 16.0 Å². The Balaban J connectivity index is -0.000000864. The second-order valence-corrected chi connectivity index (χ2v) is 4.70. The first kappa shape index (κ1) is 18.6. The van der Waals surface area contributed by atoms with E-state index in [1.165, 1.54) is 11.8 Å². The van der Waals surface area contributed by atoms with Gasteiger partial charge in [0.25, 0.3) is 5.91 Å². The summed E-state index contributed by atoms with van der Waals surface area (Å²) in [7, 11) is 0. The average molecular weight is 289 g/mol. The first-order valence-electron chi connectivity index (χ1n) is 7.31. The van der Waals surface area contributed by atoms with Crippen molar-refractivity contribution in [1.82, 2.24) is 10.2 Å². The Morgan fingerprint density at radius 2 is 2.00 bits per heavy atom. The molecule has 2 unspecified atom stereocenters. The number of carbonyl (C=O) groups is 3. The number of carbonyl (C=O) groups excluding carboxylic acids is 3. The van der Waals surface area contributed by atoms with E-state index in [0.29, 0.717) is 25.9 Å². The Morgan fingerprint density at radius 3 is 2.50 bits per heavy atom. The Bertz CT molecular complexity index is 354. The van der Waals surface area contributed by atoms with Crippen LogP contribution in [0.4, 0.5) is 0 Å². The van der Waals surface area contributed by atoms with Gasteiger partial charge in [0, 0.05) is 28.9 Å². The van der Waals surface area contributed by atoms with Crippen molar-refractivity contribution in [1.29, 1.82) is 0 Å². The fourth-order valence-electron chi connectivity index (χ4n) is 2.11. The number of Topliss-reactive ketones (excluding diaryl/α,β-unsaturated/α-hetero) is 1. The molecule has 0 aromatic heterocycles. The summed E-state index contributed by atoms with van der Waals surface area (Å²) in [5.74, 6) is -1.17. The van der Waals surface area contributed by atoms with E-state index in [1.807, 2.05) is 20.8 Å². The van der Waals surface area contributed by atoms with Gasteiger partial charge in [-0.15, -0.1) is 0 Å². The number of nitrogens with two attached hydrogens (primary N) is 1. The Morgan fingerprint density at radius 1 is 1.40 bits per heavy atom. The van der Waals surface area contributed by atoms with Crippen LogP contribution in [0.25, 0.3) is 0 Å². The molecule has 0 aliphatic carbocycles. The number of nitrogens with zero attached hydrogens (tertiary/aromatic N) is 1. The fraction of sp³-hybridized carbons (Fsp3) is 0.786. The van der Waals surface area contributed by atoms with Crippen LogP contribution in [0.1, 0.15) is 49.8 Å². The molecule has 1 rings (SSSR count). The monoisotopic (exact) mass is 289 g/mol. The second-order valence-electron chi connectivity index (χ2n) is 4.70. The van der Waals surface area contributed by atoms with Gasteiger partial charge in [0.2, 0.25) is 11.7 Å². The molecule has 0 saturated carbocycles. The lowest BCUT2D eigenvalue weighted by atomic mass is 10.1. The van der Waals surface area contributed by atoms with E-state index in [1.54, 1.807) is 0 Å². The Kier molecular flexibility index (Phi) is 8.79. The van der Waals surface area contributed by atoms with E-state index in [4.69, 9.17) is 5.73 Å². The quantitative estimate of drug-likeness (QED) is 0.737. The molecule has 20 heavy (non-hydrogen) atoms. The number of nitrogens with one attached hydrogen (secondary N) is 1. The van der Waals surface area contributed by atoms with Gasteiger partial charge in [0.05, 0.1) is 6.04 Å². The van der Waals surface area contributed by atoms with Crippen LogP contribution < -0.4 is 11.1 Å². The standard InChI is InChI=1S/C12H21N3O3.C2H6.2H2/c1-3-4-10(13)11(17)12(18)15-6-5-9(7-15)14-8(2)16;1-2;;/h9-10H,3-7,13H2,1-2H3,(H,14,16);1-2H3;2*1H. The zero-order valence-electron chi connectivity index (χ0n) is 12.9. The molecular formula is C14H31N3O3. The highest BCUT2D eigenvalue weighted by Gasteiger charge is 2.32. The maximum atomic E-state index is 11.9. The number of ketones is 1. The van der Waals surface area contributed by atoms with Crippen molar-refractivity contribution in [2.45, 2.75) is 59.0 Å². The molecule has 2 amide bonds. The van der Waals surface area contributed by atoms with Gasteiger partial charge in [-0.2, -0.15) is 0 Å². The summed E-state index contributed by atoms with van der Waals surface area (Å²) in [6, 6.07) is -0.760. The molecule has 0 radical (unpaired) electrons. The van der Waals surface area contributed by atoms with Gasteiger partial charge in [-0.05, 0) is 12.8 Å². The minimum absolute atomic E-state index is 0. The predicted molar refractivity (Wildman–Crippen MR) is 82.3 cm³/mol. The molecular weight excluding hydrogens is 258 g/mol. The molecule has 1 aliphatic rings. The lowest BCUT2D eigenvalue weighted by molar-refractivity contribution is -0.144. The van der Waals surface area contributed by atoms with Crippen molar-refractivity contribution in [2.75, 3.05) is 13.1 Å². The van der Waals surface area contributed by atoms with Gasteiger partial charge in [0.1, 0.15) is 0 Å². The molecule has 120 valence electrons. The molecule has 1 aliphatic heterocycles. The first-order chi connectivity index (χ1) is 9.45. The van der Waals surface area contributed by atoms with Crippen molar-refractivity contribution >= 4 is 17.6 Å². The smallest absolute Gasteiger partial charge is 0.291 e. The highest BCUT2D eigenvalue weighted by atomic mass is 16.2. The zero-order chi connectivity index (χ0) is 15.7. The van der Waals surface area contributed by atoms with E-state index < -0.39 is 17.7 Å². The molecule has 1 heterocycles. The molecule has 0 spiro atoms. The van der Waals surface area contributed by atoms with Crippen molar-refractivity contribution < 1.29 is 17.2 Å². The minimum Gasteiger partial charge on any atom is -0.352 e. The van der Waals surface area contributed by atoms with Crippen LogP contribution in [0.5, 0.6) is 0 Å². The fourth-order valence-corrected chi connectivity index (χ4v) is 2.11. The lowest BCUT2D eigenvalue weighted by Crippen LogP contribution is -2.45. The van der Waals surface area contributed by atoms with Gasteiger partial charge in [-0.1, -0.05) is 27.2 Å². The summed E-state index contributed by atoms with van der Waals surface area (Å²) in [5.41, 5.74) is 5.64. The summed E-state index contributed by atoms with van der Waals surface area (Å²) >= 11 is 0. The van der Waals surface area contributed by atoms with Gasteiger partial charge >= 0.3 is 0 Å². The van der Waals surface area contributed by atoms with E-state index in [0.717, 1.165) is 6.42 Å². The molecule has 0 bridgehead atoms. The number of amides is 2. The molecule has 0 aromatic carbocycles. The highest BCUT2D eigenvalue weighted by Crippen LogP contribution is 2.10. The van der Waals surface area contributed by atoms with Crippen LogP contribution >= 0.6 is 0 Å². The van der Waals surface area contributed by atoms with Crippen LogP contribution in [0, 0.1) is 0 Å². The van der Waals surface area contributed by atoms with E-state index in [-0.39, 0.29) is 14.8 Å². The molecule has 6 nitrogen and oxygen atoms in total. The molecule has 6 heteroatoms. The number of hydrogen-bond donors (Lipinski definition) is 2. The van der Waals surface area contributed by atoms with Crippen LogP contribution in [0.15, 0.2) is 0 Å². The summed E-state index contributed by atoms with van der Waals surface area (Å²) in [6.45, 7) is 8.24. The first-order valence-corrected chi connectivity index (χ1v) is 7.31. The third-order valence-electron chi connectivity index (χ3n) is 3.03. The minimum atomic E-state index is -0.706. The highest BCUT2D eigenvalue weighted by molar-refractivity contribution is 6.38. The van der Waals surface area contributed by atoms with Crippen LogP contribution in [0.3, 0.4) is 0 Å². The molecule has 0 aromatic rings. The second kappa shape index (κ2) is 9.47.